The van der Waals surface area contributed by atoms with Gasteiger partial charge in [-0.15, -0.1) is 0 Å². The number of alkyl halides is 3. The predicted octanol–water partition coefficient (Wildman–Crippen LogP) is 5.05. The number of benzene rings is 1. The molecule has 2 aromatic rings. The maximum Gasteiger partial charge on any atom is 0.421 e. The van der Waals surface area contributed by atoms with Gasteiger partial charge in [-0.3, -0.25) is 9.74 Å². The van der Waals surface area contributed by atoms with Gasteiger partial charge in [0.05, 0.1) is 12.6 Å². The Morgan fingerprint density at radius 3 is 2.53 bits per heavy atom. The summed E-state index contributed by atoms with van der Waals surface area (Å²) in [5.41, 5.74) is 0.0175. The number of aromatic nitrogens is 2. The summed E-state index contributed by atoms with van der Waals surface area (Å²) in [5, 5.41) is 4.57. The van der Waals surface area contributed by atoms with Crippen molar-refractivity contribution in [3.05, 3.63) is 47.7 Å². The van der Waals surface area contributed by atoms with Gasteiger partial charge in [-0.05, 0) is 45.7 Å². The zero-order chi connectivity index (χ0) is 22.9. The van der Waals surface area contributed by atoms with Crippen molar-refractivity contribution in [3.8, 4) is 0 Å². The van der Waals surface area contributed by atoms with Gasteiger partial charge in [-0.25, -0.2) is 10.0 Å². The number of rotatable bonds is 4. The third-order valence-electron chi connectivity index (χ3n) is 6.08. The summed E-state index contributed by atoms with van der Waals surface area (Å²) < 4.78 is 41.4. The van der Waals surface area contributed by atoms with E-state index in [9.17, 15) is 13.2 Å². The first-order valence-corrected chi connectivity index (χ1v) is 11.1. The quantitative estimate of drug-likeness (QED) is 0.705. The van der Waals surface area contributed by atoms with Crippen LogP contribution in [0.3, 0.4) is 0 Å². The van der Waals surface area contributed by atoms with Gasteiger partial charge in [0.2, 0.25) is 5.95 Å². The van der Waals surface area contributed by atoms with Crippen LogP contribution in [0, 0.1) is 0 Å². The summed E-state index contributed by atoms with van der Waals surface area (Å²) in [5.74, 6) is -0.0547. The Kier molecular flexibility index (Phi) is 6.31. The Balaban J connectivity index is 1.62. The van der Waals surface area contributed by atoms with Gasteiger partial charge in [0.25, 0.3) is 0 Å². The fourth-order valence-electron chi connectivity index (χ4n) is 4.35. The lowest BCUT2D eigenvalue weighted by molar-refractivity contribution is -0.138. The highest BCUT2D eigenvalue weighted by atomic mass is 19.4. The molecule has 1 aromatic heterocycles. The minimum Gasteiger partial charge on any atom is -0.350 e. The van der Waals surface area contributed by atoms with E-state index in [-0.39, 0.29) is 29.4 Å². The van der Waals surface area contributed by atoms with Crippen LogP contribution in [0.1, 0.15) is 57.2 Å². The lowest BCUT2D eigenvalue weighted by atomic mass is 9.98. The first-order valence-electron chi connectivity index (χ1n) is 11.1. The van der Waals surface area contributed by atoms with Gasteiger partial charge >= 0.3 is 6.18 Å². The van der Waals surface area contributed by atoms with Crippen LogP contribution in [0.2, 0.25) is 0 Å². The molecule has 2 atom stereocenters. The van der Waals surface area contributed by atoms with Gasteiger partial charge in [0.1, 0.15) is 5.56 Å². The molecule has 2 aliphatic heterocycles. The van der Waals surface area contributed by atoms with Gasteiger partial charge in [-0.1, -0.05) is 30.3 Å². The summed E-state index contributed by atoms with van der Waals surface area (Å²) >= 11 is 0. The van der Waals surface area contributed by atoms with Gasteiger partial charge < -0.3 is 5.32 Å². The van der Waals surface area contributed by atoms with E-state index in [0.717, 1.165) is 37.7 Å². The fraction of sp³-hybridized carbons (Fsp3) is 0.565. The molecule has 1 N–H and O–H groups in total. The first-order chi connectivity index (χ1) is 15.1. The van der Waals surface area contributed by atoms with Gasteiger partial charge in [0.15, 0.2) is 5.82 Å². The number of nitrogens with one attached hydrogen (secondary N) is 1. The lowest BCUT2D eigenvalue weighted by Gasteiger charge is -2.41. The van der Waals surface area contributed by atoms with Crippen LogP contribution < -0.4 is 10.4 Å². The first kappa shape index (κ1) is 22.8. The van der Waals surface area contributed by atoms with E-state index in [1.54, 1.807) is 0 Å². The minimum atomic E-state index is -4.59. The molecule has 0 saturated carbocycles. The molecule has 0 spiro atoms. The van der Waals surface area contributed by atoms with E-state index in [4.69, 9.17) is 4.84 Å². The second kappa shape index (κ2) is 8.86. The molecule has 3 heterocycles. The molecule has 1 aromatic carbocycles. The van der Waals surface area contributed by atoms with E-state index in [2.05, 4.69) is 41.0 Å². The Morgan fingerprint density at radius 1 is 1.09 bits per heavy atom. The Hall–Kier alpha value is -2.39. The van der Waals surface area contributed by atoms with E-state index in [0.29, 0.717) is 13.0 Å². The Morgan fingerprint density at radius 2 is 1.84 bits per heavy atom. The smallest absolute Gasteiger partial charge is 0.350 e. The van der Waals surface area contributed by atoms with E-state index < -0.39 is 11.7 Å². The van der Waals surface area contributed by atoms with Crippen LogP contribution in [-0.4, -0.2) is 46.1 Å². The largest absolute Gasteiger partial charge is 0.421 e. The molecular formula is C23H30F3N5O. The highest BCUT2D eigenvalue weighted by Crippen LogP contribution is 2.41. The van der Waals surface area contributed by atoms with Gasteiger partial charge in [0, 0.05) is 30.7 Å². The van der Waals surface area contributed by atoms with Crippen LogP contribution in [-0.2, 0) is 11.0 Å². The molecule has 2 saturated heterocycles. The summed E-state index contributed by atoms with van der Waals surface area (Å²) in [6.45, 7) is 8.60. The second-order valence-corrected chi connectivity index (χ2v) is 9.40. The predicted molar refractivity (Wildman–Crippen MR) is 117 cm³/mol. The number of hydrogen-bond donors (Lipinski definition) is 1. The zero-order valence-electron chi connectivity index (χ0n) is 18.7. The van der Waals surface area contributed by atoms with Crippen molar-refractivity contribution >= 4 is 11.8 Å². The molecule has 2 aliphatic rings. The molecule has 0 amide bonds. The molecule has 0 aliphatic carbocycles. The van der Waals surface area contributed by atoms with Crippen molar-refractivity contribution in [3.63, 3.8) is 0 Å². The molecule has 2 fully saturated rings. The number of anilines is 2. The minimum absolute atomic E-state index is 0.0266. The van der Waals surface area contributed by atoms with E-state index in [1.807, 2.05) is 30.3 Å². The summed E-state index contributed by atoms with van der Waals surface area (Å²) in [4.78, 5) is 16.4. The summed E-state index contributed by atoms with van der Waals surface area (Å²) in [7, 11) is 0. The molecule has 0 unspecified atom stereocenters. The standard InChI is InChI=1S/C23H30F3N5O/c1-22(2,3)30-12-7-10-17(15-30)28-21-27-14-18(23(24,25)26)20(29-21)31-19(11-13-32-31)16-8-5-4-6-9-16/h4-6,8-9,14,17,19H,7,10-13,15H2,1-3H3,(H,27,28,29)/t17-,19+/m1/s1. The zero-order valence-corrected chi connectivity index (χ0v) is 18.7. The molecule has 0 radical (unpaired) electrons. The van der Waals surface area contributed by atoms with E-state index in [1.165, 1.54) is 5.06 Å². The molecule has 174 valence electrons. The van der Waals surface area contributed by atoms with Crippen LogP contribution in [0.25, 0.3) is 0 Å². The Bertz CT molecular complexity index is 916. The van der Waals surface area contributed by atoms with Crippen molar-refractivity contribution in [2.45, 2.75) is 63.8 Å². The van der Waals surface area contributed by atoms with Gasteiger partial charge in [-0.2, -0.15) is 18.2 Å². The van der Waals surface area contributed by atoms with Crippen molar-refractivity contribution < 1.29 is 18.0 Å². The van der Waals surface area contributed by atoms with Crippen LogP contribution in [0.4, 0.5) is 24.9 Å². The molecule has 9 heteroatoms. The number of likely N-dealkylation sites (tertiary alicyclic amines) is 1. The highest BCUT2D eigenvalue weighted by Gasteiger charge is 2.41. The fourth-order valence-corrected chi connectivity index (χ4v) is 4.35. The van der Waals surface area contributed by atoms with Crippen LogP contribution in [0.5, 0.6) is 0 Å². The van der Waals surface area contributed by atoms with Crippen molar-refractivity contribution in [2.75, 3.05) is 30.1 Å². The number of hydrogen-bond acceptors (Lipinski definition) is 6. The molecule has 4 rings (SSSR count). The number of piperidine rings is 1. The highest BCUT2D eigenvalue weighted by molar-refractivity contribution is 5.52. The molecule has 6 nitrogen and oxygen atoms in total. The van der Waals surface area contributed by atoms with Crippen LogP contribution in [0.15, 0.2) is 36.5 Å². The Labute approximate surface area is 186 Å². The average Bonchev–Trinajstić information content (AvgIpc) is 3.23. The lowest BCUT2D eigenvalue weighted by Crippen LogP contribution is -2.50. The number of nitrogens with zero attached hydrogens (tertiary/aromatic N) is 4. The summed E-state index contributed by atoms with van der Waals surface area (Å²) in [6.07, 6.45) is -1.22. The normalized spacial score (nSPS) is 22.9. The topological polar surface area (TPSA) is 53.5 Å². The molecule has 0 bridgehead atoms. The van der Waals surface area contributed by atoms with Crippen LogP contribution >= 0.6 is 0 Å². The van der Waals surface area contributed by atoms with Crippen molar-refractivity contribution in [2.24, 2.45) is 0 Å². The van der Waals surface area contributed by atoms with E-state index >= 15 is 0 Å². The SMILES string of the molecule is CC(C)(C)N1CCC[C@@H](Nc2ncc(C(F)(F)F)c(N3OCC[C@H]3c3ccccc3)n2)C1. The second-order valence-electron chi connectivity index (χ2n) is 9.40. The maximum absolute atomic E-state index is 13.8. The maximum atomic E-state index is 13.8. The monoisotopic (exact) mass is 449 g/mol. The molecule has 32 heavy (non-hydrogen) atoms. The third-order valence-corrected chi connectivity index (χ3v) is 6.08. The third kappa shape index (κ3) is 4.99. The van der Waals surface area contributed by atoms with Crippen molar-refractivity contribution in [1.29, 1.82) is 0 Å². The molecular weight excluding hydrogens is 419 g/mol. The summed E-state index contributed by atoms with van der Waals surface area (Å²) in [6, 6.07) is 9.12. The average molecular weight is 450 g/mol. The number of halogens is 3. The van der Waals surface area contributed by atoms with Crippen molar-refractivity contribution in [1.82, 2.24) is 14.9 Å². The number of hydroxylamine groups is 1.